The van der Waals surface area contributed by atoms with Crippen molar-refractivity contribution >= 4 is 5.91 Å². The highest BCUT2D eigenvalue weighted by atomic mass is 16.2. The van der Waals surface area contributed by atoms with Crippen LogP contribution < -0.4 is 10.6 Å². The molecule has 1 aliphatic heterocycles. The summed E-state index contributed by atoms with van der Waals surface area (Å²) >= 11 is 0. The first-order valence-corrected chi connectivity index (χ1v) is 9.71. The molecule has 2 N–H and O–H groups in total. The molecule has 0 radical (unpaired) electrons. The van der Waals surface area contributed by atoms with Gasteiger partial charge in [0.05, 0.1) is 18.3 Å². The van der Waals surface area contributed by atoms with Crippen molar-refractivity contribution in [1.29, 1.82) is 0 Å². The van der Waals surface area contributed by atoms with E-state index < -0.39 is 0 Å². The van der Waals surface area contributed by atoms with E-state index in [-0.39, 0.29) is 11.9 Å². The lowest BCUT2D eigenvalue weighted by atomic mass is 9.88. The number of rotatable bonds is 7. The molecule has 6 nitrogen and oxygen atoms in total. The molecule has 0 spiro atoms. The van der Waals surface area contributed by atoms with E-state index in [0.717, 1.165) is 44.3 Å². The number of carbonyl (C=O) groups is 1. The Bertz CT molecular complexity index is 689. The molecule has 1 amide bonds. The van der Waals surface area contributed by atoms with Gasteiger partial charge in [0.1, 0.15) is 0 Å². The highest BCUT2D eigenvalue weighted by Crippen LogP contribution is 2.27. The summed E-state index contributed by atoms with van der Waals surface area (Å²) in [5, 5.41) is 14.9. The van der Waals surface area contributed by atoms with Crippen molar-refractivity contribution in [2.45, 2.75) is 51.6 Å². The summed E-state index contributed by atoms with van der Waals surface area (Å²) in [6.07, 6.45) is 5.85. The lowest BCUT2D eigenvalue weighted by Gasteiger charge is -2.26. The number of benzene rings is 1. The Hall–Kier alpha value is -2.21. The zero-order valence-corrected chi connectivity index (χ0v) is 15.7. The van der Waals surface area contributed by atoms with Crippen LogP contribution in [0.25, 0.3) is 0 Å². The molecule has 0 bridgehead atoms. The first kappa shape index (κ1) is 18.6. The number of nitrogens with one attached hydrogen (secondary N) is 2. The van der Waals surface area contributed by atoms with Crippen LogP contribution in [0.4, 0.5) is 0 Å². The normalized spacial score (nSPS) is 16.6. The van der Waals surface area contributed by atoms with Crippen LogP contribution in [0.1, 0.15) is 67.7 Å². The molecule has 1 saturated heterocycles. The van der Waals surface area contributed by atoms with Crippen LogP contribution in [0.5, 0.6) is 0 Å². The van der Waals surface area contributed by atoms with E-state index in [2.05, 4.69) is 46.9 Å². The van der Waals surface area contributed by atoms with Crippen LogP contribution in [-0.4, -0.2) is 34.0 Å². The van der Waals surface area contributed by atoms with Crippen molar-refractivity contribution in [2.75, 3.05) is 13.1 Å². The fourth-order valence-electron chi connectivity index (χ4n) is 3.74. The van der Waals surface area contributed by atoms with E-state index >= 15 is 0 Å². The fraction of sp³-hybridized carbons (Fsp3) is 0.550. The standard InChI is InChI=1S/C20H29N5O/c1-3-15(4-2)19(16-8-6-5-7-9-16)22-20(26)18-14-25(24-23-18)17-10-12-21-13-11-17/h5-9,14-15,17,19,21H,3-4,10-13H2,1-2H3,(H,22,26). The largest absolute Gasteiger partial charge is 0.344 e. The van der Waals surface area contributed by atoms with Gasteiger partial charge >= 0.3 is 0 Å². The summed E-state index contributed by atoms with van der Waals surface area (Å²) in [6, 6.07) is 10.5. The van der Waals surface area contributed by atoms with E-state index in [1.165, 1.54) is 0 Å². The Morgan fingerprint density at radius 3 is 2.58 bits per heavy atom. The summed E-state index contributed by atoms with van der Waals surface area (Å²) in [5.74, 6) is 0.242. The van der Waals surface area contributed by atoms with Crippen molar-refractivity contribution in [3.05, 3.63) is 47.8 Å². The van der Waals surface area contributed by atoms with Crippen LogP contribution in [0.2, 0.25) is 0 Å². The summed E-state index contributed by atoms with van der Waals surface area (Å²) in [6.45, 7) is 6.31. The van der Waals surface area contributed by atoms with Crippen LogP contribution >= 0.6 is 0 Å². The van der Waals surface area contributed by atoms with Gasteiger partial charge in [-0.25, -0.2) is 4.68 Å². The second-order valence-electron chi connectivity index (χ2n) is 7.00. The summed E-state index contributed by atoms with van der Waals surface area (Å²) < 4.78 is 1.85. The van der Waals surface area contributed by atoms with Crippen molar-refractivity contribution in [1.82, 2.24) is 25.6 Å². The molecule has 2 aromatic rings. The number of nitrogens with zero attached hydrogens (tertiary/aromatic N) is 3. The molecular formula is C20H29N5O. The first-order valence-electron chi connectivity index (χ1n) is 9.71. The predicted octanol–water partition coefficient (Wildman–Crippen LogP) is 3.11. The molecule has 0 saturated carbocycles. The molecular weight excluding hydrogens is 326 g/mol. The van der Waals surface area contributed by atoms with Crippen molar-refractivity contribution in [3.8, 4) is 0 Å². The molecule has 140 valence electrons. The quantitative estimate of drug-likeness (QED) is 0.800. The minimum Gasteiger partial charge on any atom is -0.344 e. The zero-order valence-electron chi connectivity index (χ0n) is 15.7. The lowest BCUT2D eigenvalue weighted by molar-refractivity contribution is 0.0914. The predicted molar refractivity (Wildman–Crippen MR) is 102 cm³/mol. The van der Waals surface area contributed by atoms with E-state index in [9.17, 15) is 4.79 Å². The third-order valence-corrected chi connectivity index (χ3v) is 5.39. The second kappa shape index (κ2) is 8.94. The Labute approximate surface area is 155 Å². The Kier molecular flexibility index (Phi) is 6.39. The Balaban J connectivity index is 1.74. The molecule has 26 heavy (non-hydrogen) atoms. The van der Waals surface area contributed by atoms with Crippen molar-refractivity contribution < 1.29 is 4.79 Å². The van der Waals surface area contributed by atoms with Crippen LogP contribution in [0.3, 0.4) is 0 Å². The SMILES string of the molecule is CCC(CC)C(NC(=O)c1cn(C2CCNCC2)nn1)c1ccccc1. The number of hydrogen-bond acceptors (Lipinski definition) is 4. The average molecular weight is 355 g/mol. The van der Waals surface area contributed by atoms with Gasteiger partial charge in [-0.05, 0) is 37.4 Å². The third kappa shape index (κ3) is 4.30. The maximum absolute atomic E-state index is 12.8. The van der Waals surface area contributed by atoms with Gasteiger partial charge in [-0.3, -0.25) is 4.79 Å². The van der Waals surface area contributed by atoms with Crippen LogP contribution in [0.15, 0.2) is 36.5 Å². The molecule has 1 aromatic heterocycles. The Morgan fingerprint density at radius 1 is 1.23 bits per heavy atom. The maximum atomic E-state index is 12.8. The highest BCUT2D eigenvalue weighted by Gasteiger charge is 2.25. The molecule has 6 heteroatoms. The van der Waals surface area contributed by atoms with E-state index in [0.29, 0.717) is 17.7 Å². The summed E-state index contributed by atoms with van der Waals surface area (Å²) in [4.78, 5) is 12.8. The van der Waals surface area contributed by atoms with Gasteiger partial charge in [-0.1, -0.05) is 62.2 Å². The summed E-state index contributed by atoms with van der Waals surface area (Å²) in [7, 11) is 0. The van der Waals surface area contributed by atoms with Gasteiger partial charge < -0.3 is 10.6 Å². The van der Waals surface area contributed by atoms with Crippen LogP contribution in [-0.2, 0) is 0 Å². The van der Waals surface area contributed by atoms with Crippen LogP contribution in [0, 0.1) is 5.92 Å². The monoisotopic (exact) mass is 355 g/mol. The van der Waals surface area contributed by atoms with E-state index in [1.54, 1.807) is 6.20 Å². The minimum absolute atomic E-state index is 0.0114. The molecule has 1 aromatic carbocycles. The zero-order chi connectivity index (χ0) is 18.4. The lowest BCUT2D eigenvalue weighted by Crippen LogP contribution is -2.33. The molecule has 0 aliphatic carbocycles. The second-order valence-corrected chi connectivity index (χ2v) is 7.00. The van der Waals surface area contributed by atoms with Gasteiger partial charge in [0.2, 0.25) is 0 Å². The third-order valence-electron chi connectivity index (χ3n) is 5.39. The molecule has 1 atom stereocenters. The number of piperidine rings is 1. The van der Waals surface area contributed by atoms with Gasteiger partial charge in [-0.15, -0.1) is 5.10 Å². The van der Waals surface area contributed by atoms with E-state index in [1.807, 2.05) is 22.9 Å². The maximum Gasteiger partial charge on any atom is 0.273 e. The minimum atomic E-state index is -0.147. The van der Waals surface area contributed by atoms with Gasteiger partial charge in [0, 0.05) is 0 Å². The molecule has 1 aliphatic rings. The molecule has 3 rings (SSSR count). The number of hydrogen-bond donors (Lipinski definition) is 2. The van der Waals surface area contributed by atoms with Gasteiger partial charge in [-0.2, -0.15) is 0 Å². The molecule has 1 fully saturated rings. The van der Waals surface area contributed by atoms with Gasteiger partial charge in [0.25, 0.3) is 5.91 Å². The fourth-order valence-corrected chi connectivity index (χ4v) is 3.74. The first-order chi connectivity index (χ1) is 12.7. The number of amides is 1. The van der Waals surface area contributed by atoms with Crippen molar-refractivity contribution in [2.24, 2.45) is 5.92 Å². The smallest absolute Gasteiger partial charge is 0.273 e. The number of carbonyl (C=O) groups excluding carboxylic acids is 1. The van der Waals surface area contributed by atoms with E-state index in [4.69, 9.17) is 0 Å². The highest BCUT2D eigenvalue weighted by molar-refractivity contribution is 5.92. The average Bonchev–Trinajstić information content (AvgIpc) is 3.20. The topological polar surface area (TPSA) is 71.8 Å². The Morgan fingerprint density at radius 2 is 1.92 bits per heavy atom. The summed E-state index contributed by atoms with van der Waals surface area (Å²) in [5.41, 5.74) is 1.54. The van der Waals surface area contributed by atoms with Crippen molar-refractivity contribution in [3.63, 3.8) is 0 Å². The molecule has 1 unspecified atom stereocenters. The number of aromatic nitrogens is 3. The molecule has 2 heterocycles. The van der Waals surface area contributed by atoms with Gasteiger partial charge in [0.15, 0.2) is 5.69 Å².